The van der Waals surface area contributed by atoms with Gasteiger partial charge in [0.05, 0.1) is 0 Å². The molecule has 0 spiro atoms. The van der Waals surface area contributed by atoms with E-state index in [0.29, 0.717) is 11.5 Å². The van der Waals surface area contributed by atoms with Crippen LogP contribution in [0, 0.1) is 0 Å². The van der Waals surface area contributed by atoms with Crippen LogP contribution < -0.4 is 10.5 Å². The summed E-state index contributed by atoms with van der Waals surface area (Å²) in [4.78, 5) is 22.8. The van der Waals surface area contributed by atoms with Crippen molar-refractivity contribution in [2.45, 2.75) is 0 Å². The van der Waals surface area contributed by atoms with E-state index in [9.17, 15) is 4.79 Å². The number of hydrogen-bond acceptors (Lipinski definition) is 7. The zero-order chi connectivity index (χ0) is 11.8. The SMILES string of the molecule is CN1CCN(c2nc3nonc3[nH]c2=O)CC1. The lowest BCUT2D eigenvalue weighted by molar-refractivity contribution is 0.311. The first-order valence-corrected chi connectivity index (χ1v) is 5.40. The summed E-state index contributed by atoms with van der Waals surface area (Å²) in [7, 11) is 2.06. The van der Waals surface area contributed by atoms with Crippen molar-refractivity contribution in [2.24, 2.45) is 0 Å². The first-order chi connectivity index (χ1) is 8.24. The van der Waals surface area contributed by atoms with E-state index in [2.05, 4.69) is 36.9 Å². The Kier molecular flexibility index (Phi) is 2.29. The normalized spacial score (nSPS) is 17.8. The molecule has 0 unspecified atom stereocenters. The van der Waals surface area contributed by atoms with Crippen molar-refractivity contribution in [3.05, 3.63) is 10.4 Å². The van der Waals surface area contributed by atoms with E-state index in [1.165, 1.54) is 0 Å². The van der Waals surface area contributed by atoms with Crippen LogP contribution in [0.25, 0.3) is 11.3 Å². The first kappa shape index (κ1) is 10.2. The third kappa shape index (κ3) is 1.76. The molecule has 0 saturated carbocycles. The summed E-state index contributed by atoms with van der Waals surface area (Å²) in [6, 6.07) is 0. The van der Waals surface area contributed by atoms with Crippen LogP contribution in [-0.2, 0) is 0 Å². The van der Waals surface area contributed by atoms with Gasteiger partial charge in [0.15, 0.2) is 5.82 Å². The number of likely N-dealkylation sites (N-methyl/N-ethyl adjacent to an activating group) is 1. The number of anilines is 1. The van der Waals surface area contributed by atoms with Crippen LogP contribution >= 0.6 is 0 Å². The molecule has 8 heteroatoms. The Morgan fingerprint density at radius 2 is 2.00 bits per heavy atom. The zero-order valence-corrected chi connectivity index (χ0v) is 9.38. The van der Waals surface area contributed by atoms with Gasteiger partial charge >= 0.3 is 0 Å². The highest BCUT2D eigenvalue weighted by atomic mass is 16.6. The molecule has 3 rings (SSSR count). The molecule has 1 N–H and O–H groups in total. The molecule has 1 aliphatic rings. The van der Waals surface area contributed by atoms with Crippen molar-refractivity contribution < 1.29 is 4.63 Å². The fourth-order valence-electron chi connectivity index (χ4n) is 1.88. The van der Waals surface area contributed by atoms with Crippen molar-refractivity contribution in [1.82, 2.24) is 25.2 Å². The minimum atomic E-state index is -0.252. The van der Waals surface area contributed by atoms with Gasteiger partial charge in [0, 0.05) is 26.2 Å². The van der Waals surface area contributed by atoms with E-state index in [4.69, 9.17) is 0 Å². The zero-order valence-electron chi connectivity index (χ0n) is 9.38. The van der Waals surface area contributed by atoms with Crippen molar-refractivity contribution in [3.8, 4) is 0 Å². The highest BCUT2D eigenvalue weighted by Crippen LogP contribution is 2.10. The molecule has 1 aliphatic heterocycles. The molecular weight excluding hydrogens is 224 g/mol. The summed E-state index contributed by atoms with van der Waals surface area (Å²) < 4.78 is 4.52. The van der Waals surface area contributed by atoms with Crippen molar-refractivity contribution in [3.63, 3.8) is 0 Å². The van der Waals surface area contributed by atoms with Gasteiger partial charge in [-0.2, -0.15) is 4.98 Å². The molecule has 3 heterocycles. The summed E-state index contributed by atoms with van der Waals surface area (Å²) in [6.45, 7) is 3.39. The lowest BCUT2D eigenvalue weighted by Crippen LogP contribution is -2.46. The van der Waals surface area contributed by atoms with Gasteiger partial charge in [-0.3, -0.25) is 9.78 Å². The third-order valence-corrected chi connectivity index (χ3v) is 2.92. The van der Waals surface area contributed by atoms with Crippen LogP contribution in [0.15, 0.2) is 9.42 Å². The topological polar surface area (TPSA) is 91.2 Å². The first-order valence-electron chi connectivity index (χ1n) is 5.40. The largest absolute Gasteiger partial charge is 0.349 e. The summed E-state index contributed by atoms with van der Waals surface area (Å²) in [5.41, 5.74) is 0.365. The second-order valence-corrected chi connectivity index (χ2v) is 4.12. The van der Waals surface area contributed by atoms with E-state index in [1.54, 1.807) is 0 Å². The molecule has 2 aromatic rings. The van der Waals surface area contributed by atoms with Gasteiger partial charge in [0.25, 0.3) is 5.56 Å². The summed E-state index contributed by atoms with van der Waals surface area (Å²) in [5, 5.41) is 7.17. The number of piperazine rings is 1. The number of aromatic amines is 1. The molecular formula is C9H12N6O2. The van der Waals surface area contributed by atoms with Crippen molar-refractivity contribution >= 4 is 17.1 Å². The lowest BCUT2D eigenvalue weighted by atomic mass is 10.3. The van der Waals surface area contributed by atoms with Crippen LogP contribution in [0.1, 0.15) is 0 Å². The van der Waals surface area contributed by atoms with Crippen LogP contribution in [0.3, 0.4) is 0 Å². The number of H-pyrrole nitrogens is 1. The van der Waals surface area contributed by atoms with Crippen LogP contribution in [0.4, 0.5) is 5.82 Å². The Bertz CT molecular complexity index is 582. The fraction of sp³-hybridized carbons (Fsp3) is 0.556. The third-order valence-electron chi connectivity index (χ3n) is 2.92. The Labute approximate surface area is 96.2 Å². The molecule has 8 nitrogen and oxygen atoms in total. The maximum Gasteiger partial charge on any atom is 0.292 e. The Morgan fingerprint density at radius 3 is 2.76 bits per heavy atom. The fourth-order valence-corrected chi connectivity index (χ4v) is 1.88. The second-order valence-electron chi connectivity index (χ2n) is 4.12. The predicted molar refractivity (Wildman–Crippen MR) is 59.9 cm³/mol. The van der Waals surface area contributed by atoms with Gasteiger partial charge in [-0.15, -0.1) is 0 Å². The molecule has 0 aliphatic carbocycles. The minimum Gasteiger partial charge on any atom is -0.349 e. The lowest BCUT2D eigenvalue weighted by Gasteiger charge is -2.32. The Hall–Kier alpha value is -1.96. The smallest absolute Gasteiger partial charge is 0.292 e. The number of nitrogens with zero attached hydrogens (tertiary/aromatic N) is 5. The highest BCUT2D eigenvalue weighted by molar-refractivity contribution is 5.65. The van der Waals surface area contributed by atoms with E-state index >= 15 is 0 Å². The monoisotopic (exact) mass is 236 g/mol. The molecule has 0 atom stereocenters. The van der Waals surface area contributed by atoms with E-state index in [1.807, 2.05) is 4.90 Å². The molecule has 1 saturated heterocycles. The van der Waals surface area contributed by atoms with Crippen molar-refractivity contribution in [1.29, 1.82) is 0 Å². The molecule has 0 radical (unpaired) electrons. The van der Waals surface area contributed by atoms with Gasteiger partial charge in [0.1, 0.15) is 0 Å². The van der Waals surface area contributed by atoms with E-state index < -0.39 is 0 Å². The number of fused-ring (bicyclic) bond motifs is 1. The van der Waals surface area contributed by atoms with Crippen LogP contribution in [0.2, 0.25) is 0 Å². The van der Waals surface area contributed by atoms with Crippen LogP contribution in [-0.4, -0.2) is 58.4 Å². The van der Waals surface area contributed by atoms with E-state index in [-0.39, 0.29) is 11.2 Å². The predicted octanol–water partition coefficient (Wildman–Crippen LogP) is -0.942. The van der Waals surface area contributed by atoms with Gasteiger partial charge < -0.3 is 9.80 Å². The number of aromatic nitrogens is 4. The maximum atomic E-state index is 11.8. The molecule has 17 heavy (non-hydrogen) atoms. The summed E-state index contributed by atoms with van der Waals surface area (Å²) >= 11 is 0. The molecule has 1 fully saturated rings. The maximum absolute atomic E-state index is 11.8. The second kappa shape index (κ2) is 3.81. The molecule has 0 bridgehead atoms. The number of nitrogens with one attached hydrogen (secondary N) is 1. The molecule has 90 valence electrons. The number of hydrogen-bond donors (Lipinski definition) is 1. The average Bonchev–Trinajstić information content (AvgIpc) is 2.76. The van der Waals surface area contributed by atoms with Crippen LogP contribution in [0.5, 0.6) is 0 Å². The Morgan fingerprint density at radius 1 is 1.24 bits per heavy atom. The van der Waals surface area contributed by atoms with Gasteiger partial charge in [-0.05, 0) is 17.4 Å². The molecule has 2 aromatic heterocycles. The van der Waals surface area contributed by atoms with Crippen molar-refractivity contribution in [2.75, 3.05) is 38.1 Å². The average molecular weight is 236 g/mol. The van der Waals surface area contributed by atoms with E-state index in [0.717, 1.165) is 26.2 Å². The quantitative estimate of drug-likeness (QED) is 0.683. The standard InChI is InChI=1S/C9H12N6O2/c1-14-2-4-15(5-3-14)8-9(16)11-7-6(10-8)12-17-13-7/h2-5H2,1H3,(H,11,13,16). The molecule has 0 amide bonds. The minimum absolute atomic E-state index is 0.252. The number of rotatable bonds is 1. The summed E-state index contributed by atoms with van der Waals surface area (Å²) in [5.74, 6) is 0.390. The van der Waals surface area contributed by atoms with Gasteiger partial charge in [0.2, 0.25) is 11.3 Å². The Balaban J connectivity index is 1.99. The summed E-state index contributed by atoms with van der Waals surface area (Å²) in [6.07, 6.45) is 0. The van der Waals surface area contributed by atoms with Gasteiger partial charge in [-0.25, -0.2) is 4.63 Å². The highest BCUT2D eigenvalue weighted by Gasteiger charge is 2.19. The van der Waals surface area contributed by atoms with Gasteiger partial charge in [-0.1, -0.05) is 0 Å². The molecule has 0 aromatic carbocycles.